The number of para-hydroxylation sites is 1. The van der Waals surface area contributed by atoms with Gasteiger partial charge in [-0.15, -0.1) is 0 Å². The molecular formula is C9H8Br2FNO. The van der Waals surface area contributed by atoms with Gasteiger partial charge < -0.3 is 5.32 Å². The van der Waals surface area contributed by atoms with E-state index in [2.05, 4.69) is 37.2 Å². The van der Waals surface area contributed by atoms with E-state index < -0.39 is 5.82 Å². The smallest absolute Gasteiger partial charge is 0.237 e. The van der Waals surface area contributed by atoms with Crippen LogP contribution in [0.5, 0.6) is 0 Å². The first-order valence-corrected chi connectivity index (χ1v) is 5.62. The van der Waals surface area contributed by atoms with Crippen LogP contribution in [-0.4, -0.2) is 10.7 Å². The maximum Gasteiger partial charge on any atom is 0.237 e. The van der Waals surface area contributed by atoms with Gasteiger partial charge in [0, 0.05) is 4.47 Å². The molecule has 2 nitrogen and oxygen atoms in total. The van der Waals surface area contributed by atoms with Crippen LogP contribution in [0.3, 0.4) is 0 Å². The normalized spacial score (nSPS) is 12.3. The van der Waals surface area contributed by atoms with Gasteiger partial charge in [0.1, 0.15) is 5.82 Å². The van der Waals surface area contributed by atoms with Crippen LogP contribution < -0.4 is 5.32 Å². The van der Waals surface area contributed by atoms with E-state index in [1.165, 1.54) is 6.07 Å². The summed E-state index contributed by atoms with van der Waals surface area (Å²) in [6, 6.07) is 4.52. The number of nitrogens with one attached hydrogen (secondary N) is 1. The summed E-state index contributed by atoms with van der Waals surface area (Å²) in [5, 5.41) is 2.47. The fraction of sp³-hybridized carbons (Fsp3) is 0.222. The predicted molar refractivity (Wildman–Crippen MR) is 61.1 cm³/mol. The van der Waals surface area contributed by atoms with Gasteiger partial charge in [-0.05, 0) is 35.0 Å². The van der Waals surface area contributed by atoms with Crippen molar-refractivity contribution >= 4 is 43.5 Å². The summed E-state index contributed by atoms with van der Waals surface area (Å²) in [4.78, 5) is 10.9. The van der Waals surface area contributed by atoms with Gasteiger partial charge in [0.25, 0.3) is 0 Å². The van der Waals surface area contributed by atoms with Gasteiger partial charge in [-0.3, -0.25) is 4.79 Å². The first-order valence-electron chi connectivity index (χ1n) is 3.91. The van der Waals surface area contributed by atoms with E-state index in [9.17, 15) is 9.18 Å². The van der Waals surface area contributed by atoms with Crippen LogP contribution in [0.15, 0.2) is 22.7 Å². The lowest BCUT2D eigenvalue weighted by Gasteiger charge is -2.09. The molecule has 0 aliphatic carbocycles. The molecule has 1 unspecified atom stereocenters. The number of carbonyl (C=O) groups excluding carboxylic acids is 1. The monoisotopic (exact) mass is 323 g/mol. The van der Waals surface area contributed by atoms with Crippen molar-refractivity contribution in [1.82, 2.24) is 0 Å². The highest BCUT2D eigenvalue weighted by Crippen LogP contribution is 2.25. The number of hydrogen-bond donors (Lipinski definition) is 1. The molecule has 0 fully saturated rings. The molecule has 0 saturated carbocycles. The van der Waals surface area contributed by atoms with E-state index in [4.69, 9.17) is 0 Å². The van der Waals surface area contributed by atoms with Gasteiger partial charge >= 0.3 is 0 Å². The fourth-order valence-electron chi connectivity index (χ4n) is 0.840. The minimum absolute atomic E-state index is 0.170. The number of hydrogen-bond acceptors (Lipinski definition) is 1. The molecule has 1 aromatic rings. The molecule has 0 aromatic heterocycles. The molecular weight excluding hydrogens is 317 g/mol. The molecule has 0 heterocycles. The molecule has 0 radical (unpaired) electrons. The Balaban J connectivity index is 2.91. The topological polar surface area (TPSA) is 29.1 Å². The summed E-state index contributed by atoms with van der Waals surface area (Å²) in [6.45, 7) is 1.67. The zero-order valence-electron chi connectivity index (χ0n) is 7.35. The average Bonchev–Trinajstić information content (AvgIpc) is 2.11. The number of carbonyl (C=O) groups is 1. The second-order valence-electron chi connectivity index (χ2n) is 2.70. The summed E-state index contributed by atoms with van der Waals surface area (Å²) >= 11 is 6.25. The second kappa shape index (κ2) is 4.89. The number of alkyl halides is 1. The third-order valence-corrected chi connectivity index (χ3v) is 2.65. The van der Waals surface area contributed by atoms with Gasteiger partial charge in [-0.1, -0.05) is 22.0 Å². The summed E-state index contributed by atoms with van der Waals surface area (Å²) in [5.41, 5.74) is 0.170. The number of rotatable bonds is 2. The van der Waals surface area contributed by atoms with Gasteiger partial charge in [0.05, 0.1) is 10.5 Å². The van der Waals surface area contributed by atoms with Crippen molar-refractivity contribution in [3.05, 3.63) is 28.5 Å². The van der Waals surface area contributed by atoms with Crippen LogP contribution in [0, 0.1) is 5.82 Å². The predicted octanol–water partition coefficient (Wildman–Crippen LogP) is 3.31. The van der Waals surface area contributed by atoms with Crippen molar-refractivity contribution in [1.29, 1.82) is 0 Å². The third-order valence-electron chi connectivity index (χ3n) is 1.57. The van der Waals surface area contributed by atoms with Crippen LogP contribution >= 0.6 is 31.9 Å². The Morgan fingerprint density at radius 2 is 2.21 bits per heavy atom. The van der Waals surface area contributed by atoms with E-state index in [-0.39, 0.29) is 16.4 Å². The van der Waals surface area contributed by atoms with Crippen molar-refractivity contribution in [2.45, 2.75) is 11.8 Å². The first-order chi connectivity index (χ1) is 6.52. The average molecular weight is 325 g/mol. The molecule has 1 amide bonds. The van der Waals surface area contributed by atoms with Crippen LogP contribution in [-0.2, 0) is 4.79 Å². The lowest BCUT2D eigenvalue weighted by molar-refractivity contribution is -0.115. The molecule has 1 aromatic carbocycles. The largest absolute Gasteiger partial charge is 0.322 e. The Kier molecular flexibility index (Phi) is 4.07. The Morgan fingerprint density at radius 1 is 1.57 bits per heavy atom. The Labute approximate surface area is 98.1 Å². The molecule has 0 bridgehead atoms. The summed E-state index contributed by atoms with van der Waals surface area (Å²) in [5.74, 6) is -0.739. The van der Waals surface area contributed by atoms with Crippen molar-refractivity contribution in [3.63, 3.8) is 0 Å². The van der Waals surface area contributed by atoms with Gasteiger partial charge in [-0.25, -0.2) is 4.39 Å². The van der Waals surface area contributed by atoms with Crippen molar-refractivity contribution < 1.29 is 9.18 Å². The minimum atomic E-state index is -0.458. The maximum absolute atomic E-state index is 13.2. The van der Waals surface area contributed by atoms with E-state index >= 15 is 0 Å². The zero-order chi connectivity index (χ0) is 10.7. The Bertz CT molecular complexity index is 334. The maximum atomic E-state index is 13.2. The van der Waals surface area contributed by atoms with E-state index in [1.807, 2.05) is 0 Å². The lowest BCUT2D eigenvalue weighted by atomic mass is 10.3. The van der Waals surface area contributed by atoms with Crippen LogP contribution in [0.25, 0.3) is 0 Å². The minimum Gasteiger partial charge on any atom is -0.322 e. The highest BCUT2D eigenvalue weighted by molar-refractivity contribution is 9.10. The molecule has 5 heteroatoms. The summed E-state index contributed by atoms with van der Waals surface area (Å²) < 4.78 is 13.7. The molecule has 0 aliphatic heterocycles. The Morgan fingerprint density at radius 3 is 2.71 bits per heavy atom. The van der Waals surface area contributed by atoms with Gasteiger partial charge in [-0.2, -0.15) is 0 Å². The van der Waals surface area contributed by atoms with Gasteiger partial charge in [0.15, 0.2) is 0 Å². The van der Waals surface area contributed by atoms with Crippen molar-refractivity contribution in [2.24, 2.45) is 0 Å². The van der Waals surface area contributed by atoms with Crippen LogP contribution in [0.1, 0.15) is 6.92 Å². The van der Waals surface area contributed by atoms with Crippen molar-refractivity contribution in [3.8, 4) is 0 Å². The van der Waals surface area contributed by atoms with Crippen LogP contribution in [0.2, 0.25) is 0 Å². The molecule has 1 atom stereocenters. The first kappa shape index (κ1) is 11.7. The number of benzene rings is 1. The molecule has 0 aliphatic rings. The number of halogens is 3. The third kappa shape index (κ3) is 2.78. The quantitative estimate of drug-likeness (QED) is 0.831. The summed E-state index contributed by atoms with van der Waals surface area (Å²) in [6.07, 6.45) is 0. The number of anilines is 1. The molecule has 0 saturated heterocycles. The standard InChI is InChI=1S/C9H8Br2FNO/c1-5(10)9(14)13-8-6(11)3-2-4-7(8)12/h2-5H,1H3,(H,13,14). The molecule has 0 spiro atoms. The molecule has 1 rings (SSSR count). The number of amides is 1. The van der Waals surface area contributed by atoms with Crippen molar-refractivity contribution in [2.75, 3.05) is 5.32 Å². The van der Waals surface area contributed by atoms with E-state index in [0.717, 1.165) is 0 Å². The molecule has 76 valence electrons. The van der Waals surface area contributed by atoms with E-state index in [0.29, 0.717) is 4.47 Å². The summed E-state index contributed by atoms with van der Waals surface area (Å²) in [7, 11) is 0. The fourth-order valence-corrected chi connectivity index (χ4v) is 1.40. The highest BCUT2D eigenvalue weighted by Gasteiger charge is 2.13. The zero-order valence-corrected chi connectivity index (χ0v) is 10.5. The van der Waals surface area contributed by atoms with Gasteiger partial charge in [0.2, 0.25) is 5.91 Å². The second-order valence-corrected chi connectivity index (χ2v) is 4.93. The highest BCUT2D eigenvalue weighted by atomic mass is 79.9. The SMILES string of the molecule is CC(Br)C(=O)Nc1c(F)cccc1Br. The Hall–Kier alpha value is -0.420. The van der Waals surface area contributed by atoms with E-state index in [1.54, 1.807) is 19.1 Å². The molecule has 1 N–H and O–H groups in total. The molecule has 14 heavy (non-hydrogen) atoms. The lowest BCUT2D eigenvalue weighted by Crippen LogP contribution is -2.20. The van der Waals surface area contributed by atoms with Crippen LogP contribution in [0.4, 0.5) is 10.1 Å².